The third kappa shape index (κ3) is 16.6. The largest absolute Gasteiger partial charge is 0.390 e. The molecule has 3 nitrogen and oxygen atoms in total. The van der Waals surface area contributed by atoms with E-state index in [2.05, 4.69) is 53.7 Å². The lowest BCUT2D eigenvalue weighted by Gasteiger charge is -2.33. The Morgan fingerprint density at radius 3 is 2.04 bits per heavy atom. The van der Waals surface area contributed by atoms with Crippen molar-refractivity contribution in [2.24, 2.45) is 46.3 Å². The molecular formula is C45H79F3O3. The number of rotatable bonds is 24. The van der Waals surface area contributed by atoms with Crippen molar-refractivity contribution in [2.75, 3.05) is 0 Å². The van der Waals surface area contributed by atoms with Gasteiger partial charge < -0.3 is 15.3 Å². The minimum Gasteiger partial charge on any atom is -0.390 e. The highest BCUT2D eigenvalue weighted by Crippen LogP contribution is 2.59. The molecule has 3 aliphatic rings. The number of hydrogen-bond donors (Lipinski definition) is 3. The fourth-order valence-corrected chi connectivity index (χ4v) is 9.63. The smallest absolute Gasteiger partial charge is 0.389 e. The van der Waals surface area contributed by atoms with E-state index in [0.29, 0.717) is 41.9 Å². The second kappa shape index (κ2) is 20.7. The maximum Gasteiger partial charge on any atom is 0.389 e. The zero-order valence-electron chi connectivity index (χ0n) is 33.9. The summed E-state index contributed by atoms with van der Waals surface area (Å²) in [6, 6.07) is 0. The van der Waals surface area contributed by atoms with E-state index in [1.165, 1.54) is 37.7 Å². The molecule has 298 valence electrons. The molecule has 3 N–H and O–H groups in total. The number of allylic oxidation sites excluding steroid dienone is 3. The Labute approximate surface area is 311 Å². The number of aliphatic hydroxyl groups is 3. The highest BCUT2D eigenvalue weighted by atomic mass is 19.4. The van der Waals surface area contributed by atoms with E-state index in [1.807, 2.05) is 6.92 Å². The quantitative estimate of drug-likeness (QED) is 0.0869. The average Bonchev–Trinajstić information content (AvgIpc) is 3.84. The lowest BCUT2D eigenvalue weighted by atomic mass is 9.73. The van der Waals surface area contributed by atoms with Crippen LogP contribution in [0.3, 0.4) is 0 Å². The van der Waals surface area contributed by atoms with Crippen LogP contribution in [0.1, 0.15) is 190 Å². The zero-order valence-corrected chi connectivity index (χ0v) is 33.9. The molecule has 0 amide bonds. The van der Waals surface area contributed by atoms with Gasteiger partial charge in [-0.2, -0.15) is 13.2 Å². The molecule has 0 bridgehead atoms. The molecule has 0 radical (unpaired) electrons. The molecule has 51 heavy (non-hydrogen) atoms. The highest BCUT2D eigenvalue weighted by Gasteiger charge is 2.47. The molecule has 0 aromatic carbocycles. The van der Waals surface area contributed by atoms with Crippen molar-refractivity contribution < 1.29 is 28.5 Å². The Morgan fingerprint density at radius 1 is 0.784 bits per heavy atom. The van der Waals surface area contributed by atoms with Gasteiger partial charge in [-0.15, -0.1) is 0 Å². The SMILES string of the molecule is CCCCC(C)C[C@@H](O)[C@H](O)CCC(C)(C)CCC(O)C1=CCC(CC(C)C[C@H](C[C@H](C)CCC(F)(F)F)CC2(C3=CCC(C)CC3)CC2)CC1. The summed E-state index contributed by atoms with van der Waals surface area (Å²) in [4.78, 5) is 0. The summed E-state index contributed by atoms with van der Waals surface area (Å²) >= 11 is 0. The zero-order chi connectivity index (χ0) is 37.8. The lowest BCUT2D eigenvalue weighted by molar-refractivity contribution is -0.137. The Balaban J connectivity index is 1.46. The van der Waals surface area contributed by atoms with Gasteiger partial charge in [0.2, 0.25) is 0 Å². The average molecular weight is 725 g/mol. The van der Waals surface area contributed by atoms with E-state index in [0.717, 1.165) is 89.4 Å². The van der Waals surface area contributed by atoms with Gasteiger partial charge in [0, 0.05) is 6.42 Å². The first-order chi connectivity index (χ1) is 23.9. The Bertz CT molecular complexity index is 1060. The van der Waals surface area contributed by atoms with Crippen LogP contribution in [0.5, 0.6) is 0 Å². The molecule has 9 atom stereocenters. The van der Waals surface area contributed by atoms with Crippen molar-refractivity contribution in [3.63, 3.8) is 0 Å². The molecule has 0 aromatic heterocycles. The van der Waals surface area contributed by atoms with Crippen molar-refractivity contribution in [1.82, 2.24) is 0 Å². The number of aliphatic hydroxyl groups excluding tert-OH is 3. The van der Waals surface area contributed by atoms with Crippen LogP contribution < -0.4 is 0 Å². The van der Waals surface area contributed by atoms with E-state index >= 15 is 0 Å². The molecule has 1 saturated carbocycles. The Morgan fingerprint density at radius 2 is 1.45 bits per heavy atom. The van der Waals surface area contributed by atoms with Gasteiger partial charge in [-0.3, -0.25) is 0 Å². The summed E-state index contributed by atoms with van der Waals surface area (Å²) in [7, 11) is 0. The monoisotopic (exact) mass is 725 g/mol. The number of hydrogen-bond acceptors (Lipinski definition) is 3. The van der Waals surface area contributed by atoms with Gasteiger partial charge in [-0.05, 0) is 167 Å². The van der Waals surface area contributed by atoms with Crippen LogP contribution in [0.2, 0.25) is 0 Å². The minimum atomic E-state index is -4.07. The van der Waals surface area contributed by atoms with Gasteiger partial charge in [0.15, 0.2) is 0 Å². The first-order valence-corrected chi connectivity index (χ1v) is 21.4. The van der Waals surface area contributed by atoms with Gasteiger partial charge in [-0.1, -0.05) is 85.5 Å². The van der Waals surface area contributed by atoms with Crippen LogP contribution in [-0.2, 0) is 0 Å². The Kier molecular flexibility index (Phi) is 18.1. The van der Waals surface area contributed by atoms with Crippen molar-refractivity contribution in [2.45, 2.75) is 214 Å². The second-order valence-electron chi connectivity index (χ2n) is 19.3. The van der Waals surface area contributed by atoms with Crippen molar-refractivity contribution in [3.8, 4) is 0 Å². The second-order valence-corrected chi connectivity index (χ2v) is 19.3. The third-order valence-electron chi connectivity index (χ3n) is 13.3. The van der Waals surface area contributed by atoms with E-state index in [4.69, 9.17) is 0 Å². The third-order valence-corrected chi connectivity index (χ3v) is 13.3. The van der Waals surface area contributed by atoms with Crippen LogP contribution in [-0.4, -0.2) is 39.8 Å². The summed E-state index contributed by atoms with van der Waals surface area (Å²) in [5.41, 5.74) is 3.14. The molecule has 0 heterocycles. The van der Waals surface area contributed by atoms with Crippen molar-refractivity contribution in [1.29, 1.82) is 0 Å². The first kappa shape index (κ1) is 44.5. The van der Waals surface area contributed by atoms with Crippen LogP contribution in [0.15, 0.2) is 23.3 Å². The predicted molar refractivity (Wildman–Crippen MR) is 207 cm³/mol. The van der Waals surface area contributed by atoms with E-state index in [-0.39, 0.29) is 17.8 Å². The summed E-state index contributed by atoms with van der Waals surface area (Å²) in [6.07, 6.45) is 19.1. The van der Waals surface area contributed by atoms with Gasteiger partial charge in [-0.25, -0.2) is 0 Å². The summed E-state index contributed by atoms with van der Waals surface area (Å²) in [6.45, 7) is 15.5. The summed E-state index contributed by atoms with van der Waals surface area (Å²) < 4.78 is 39.1. The number of unbranched alkanes of at least 4 members (excludes halogenated alkanes) is 1. The normalized spacial score (nSPS) is 25.3. The molecular weight excluding hydrogens is 645 g/mol. The molecule has 1 fully saturated rings. The maximum atomic E-state index is 13.0. The molecule has 0 aliphatic heterocycles. The number of halogens is 3. The standard InChI is InChI=1S/C45H79F3O3/c1-8-9-10-33(3)30-42(51)41(50)21-23-43(6,7)22-20-40(49)38-15-13-36(14-16-38)28-35(5)29-37(27-34(4)19-24-45(46,47)48)31-44(25-26-44)39-17-11-32(2)12-18-39/h15,17,32-37,40-42,49-51H,8-14,16,18-31H2,1-7H3/t32?,33?,34-,35?,36?,37+,40?,41-,42-/m1/s1. The number of alkyl halides is 3. The van der Waals surface area contributed by atoms with Crippen LogP contribution in [0.25, 0.3) is 0 Å². The fourth-order valence-electron chi connectivity index (χ4n) is 9.63. The van der Waals surface area contributed by atoms with Crippen molar-refractivity contribution >= 4 is 0 Å². The van der Waals surface area contributed by atoms with E-state index in [9.17, 15) is 28.5 Å². The maximum absolute atomic E-state index is 13.0. The van der Waals surface area contributed by atoms with E-state index in [1.54, 1.807) is 5.57 Å². The molecule has 0 aromatic rings. The van der Waals surface area contributed by atoms with Crippen LogP contribution >= 0.6 is 0 Å². The van der Waals surface area contributed by atoms with Gasteiger partial charge in [0.25, 0.3) is 0 Å². The van der Waals surface area contributed by atoms with Crippen molar-refractivity contribution in [3.05, 3.63) is 23.3 Å². The van der Waals surface area contributed by atoms with Gasteiger partial charge in [0.1, 0.15) is 0 Å². The molecule has 3 rings (SSSR count). The molecule has 5 unspecified atom stereocenters. The summed E-state index contributed by atoms with van der Waals surface area (Å²) in [5, 5.41) is 32.3. The topological polar surface area (TPSA) is 60.7 Å². The van der Waals surface area contributed by atoms with Crippen LogP contribution in [0.4, 0.5) is 13.2 Å². The Hall–Kier alpha value is -0.850. The first-order valence-electron chi connectivity index (χ1n) is 21.4. The predicted octanol–water partition coefficient (Wildman–Crippen LogP) is 12.9. The molecule has 6 heteroatoms. The molecule has 0 spiro atoms. The highest BCUT2D eigenvalue weighted by molar-refractivity contribution is 5.24. The van der Waals surface area contributed by atoms with Crippen LogP contribution in [0, 0.1) is 46.3 Å². The fraction of sp³-hybridized carbons (Fsp3) is 0.911. The van der Waals surface area contributed by atoms with Gasteiger partial charge >= 0.3 is 6.18 Å². The molecule has 3 aliphatic carbocycles. The molecule has 0 saturated heterocycles. The van der Waals surface area contributed by atoms with E-state index < -0.39 is 30.9 Å². The summed E-state index contributed by atoms with van der Waals surface area (Å²) in [5.74, 6) is 2.89. The lowest BCUT2D eigenvalue weighted by Crippen LogP contribution is -2.29. The minimum absolute atomic E-state index is 0.0194. The van der Waals surface area contributed by atoms with Gasteiger partial charge in [0.05, 0.1) is 18.3 Å².